The predicted molar refractivity (Wildman–Crippen MR) is 97.2 cm³/mol. The lowest BCUT2D eigenvalue weighted by molar-refractivity contribution is 0.0654. The van der Waals surface area contributed by atoms with Crippen molar-refractivity contribution in [1.29, 1.82) is 0 Å². The van der Waals surface area contributed by atoms with Gasteiger partial charge in [-0.2, -0.15) is 0 Å². The number of fused-ring (bicyclic) bond motifs is 1. The van der Waals surface area contributed by atoms with Crippen LogP contribution in [0.4, 0.5) is 0 Å². The Morgan fingerprint density at radius 2 is 1.78 bits per heavy atom. The van der Waals surface area contributed by atoms with Crippen molar-refractivity contribution in [3.8, 4) is 11.3 Å². The minimum atomic E-state index is -0.251. The number of pyridine rings is 1. The van der Waals surface area contributed by atoms with Gasteiger partial charge in [-0.15, -0.1) is 0 Å². The Kier molecular flexibility index (Phi) is 3.63. The van der Waals surface area contributed by atoms with E-state index in [4.69, 9.17) is 4.52 Å². The van der Waals surface area contributed by atoms with Crippen LogP contribution in [0.25, 0.3) is 11.3 Å². The van der Waals surface area contributed by atoms with Crippen LogP contribution in [0.1, 0.15) is 50.9 Å². The van der Waals surface area contributed by atoms with Gasteiger partial charge in [-0.25, -0.2) is 0 Å². The molecule has 0 saturated heterocycles. The molecule has 3 aromatic rings. The Balaban J connectivity index is 1.30. The van der Waals surface area contributed by atoms with Crippen molar-refractivity contribution >= 4 is 11.8 Å². The molecule has 0 bridgehead atoms. The molecule has 0 N–H and O–H groups in total. The third-order valence-electron chi connectivity index (χ3n) is 5.09. The molecule has 134 valence electrons. The van der Waals surface area contributed by atoms with Gasteiger partial charge in [-0.05, 0) is 37.1 Å². The summed E-state index contributed by atoms with van der Waals surface area (Å²) in [6.07, 6.45) is 4.62. The number of hydrogen-bond donors (Lipinski definition) is 0. The zero-order valence-electron chi connectivity index (χ0n) is 14.6. The molecule has 6 heteroatoms. The van der Waals surface area contributed by atoms with Crippen molar-refractivity contribution in [3.63, 3.8) is 0 Å². The highest BCUT2D eigenvalue weighted by atomic mass is 16.5. The molecule has 0 spiro atoms. The molecule has 2 amide bonds. The van der Waals surface area contributed by atoms with Crippen molar-refractivity contribution < 1.29 is 14.1 Å². The van der Waals surface area contributed by atoms with Gasteiger partial charge in [0.25, 0.3) is 11.8 Å². The first-order chi connectivity index (χ1) is 13.2. The third-order valence-corrected chi connectivity index (χ3v) is 5.09. The van der Waals surface area contributed by atoms with E-state index in [2.05, 4.69) is 16.2 Å². The second-order valence-electron chi connectivity index (χ2n) is 6.98. The van der Waals surface area contributed by atoms with Gasteiger partial charge in [0.05, 0.1) is 11.1 Å². The fourth-order valence-corrected chi connectivity index (χ4v) is 3.44. The number of hydrogen-bond acceptors (Lipinski definition) is 5. The molecule has 0 radical (unpaired) electrons. The van der Waals surface area contributed by atoms with E-state index >= 15 is 0 Å². The van der Waals surface area contributed by atoms with Gasteiger partial charge >= 0.3 is 0 Å². The molecule has 6 nitrogen and oxygen atoms in total. The van der Waals surface area contributed by atoms with E-state index < -0.39 is 0 Å². The van der Waals surface area contributed by atoms with E-state index in [1.165, 1.54) is 17.7 Å². The number of aromatic nitrogens is 2. The third kappa shape index (κ3) is 2.83. The van der Waals surface area contributed by atoms with Gasteiger partial charge in [0.15, 0.2) is 0 Å². The van der Waals surface area contributed by atoms with Crippen LogP contribution in [0.2, 0.25) is 0 Å². The summed E-state index contributed by atoms with van der Waals surface area (Å²) in [5.41, 5.74) is 3.75. The second-order valence-corrected chi connectivity index (χ2v) is 6.98. The number of carbonyl (C=O) groups is 2. The highest BCUT2D eigenvalue weighted by molar-refractivity contribution is 6.21. The maximum Gasteiger partial charge on any atom is 0.261 e. The van der Waals surface area contributed by atoms with Gasteiger partial charge < -0.3 is 4.52 Å². The largest absolute Gasteiger partial charge is 0.361 e. The maximum atomic E-state index is 12.4. The summed E-state index contributed by atoms with van der Waals surface area (Å²) in [6, 6.07) is 12.7. The van der Waals surface area contributed by atoms with Crippen molar-refractivity contribution in [2.75, 3.05) is 6.54 Å². The summed E-state index contributed by atoms with van der Waals surface area (Å²) < 4.78 is 5.42. The van der Waals surface area contributed by atoms with Crippen LogP contribution in [0.5, 0.6) is 0 Å². The molecule has 1 saturated carbocycles. The van der Waals surface area contributed by atoms with Crippen molar-refractivity contribution in [2.45, 2.75) is 25.2 Å². The number of carbonyl (C=O) groups excluding carboxylic acids is 2. The Labute approximate surface area is 155 Å². The highest BCUT2D eigenvalue weighted by Gasteiger charge is 2.34. The first-order valence-corrected chi connectivity index (χ1v) is 9.08. The summed E-state index contributed by atoms with van der Waals surface area (Å²) in [7, 11) is 0. The van der Waals surface area contributed by atoms with Crippen molar-refractivity contribution in [3.05, 3.63) is 71.2 Å². The summed E-state index contributed by atoms with van der Waals surface area (Å²) in [5.74, 6) is 0.716. The van der Waals surface area contributed by atoms with Gasteiger partial charge in [-0.1, -0.05) is 17.3 Å². The predicted octanol–water partition coefficient (Wildman–Crippen LogP) is 3.45. The quantitative estimate of drug-likeness (QED) is 0.652. The molecule has 5 rings (SSSR count). The Hall–Kier alpha value is -3.28. The molecule has 0 unspecified atom stereocenters. The average Bonchev–Trinajstić information content (AvgIpc) is 3.40. The molecule has 1 fully saturated rings. The number of nitrogens with zero attached hydrogens (tertiary/aromatic N) is 3. The summed E-state index contributed by atoms with van der Waals surface area (Å²) in [5, 5.41) is 4.14. The summed E-state index contributed by atoms with van der Waals surface area (Å²) in [4.78, 5) is 30.5. The first kappa shape index (κ1) is 15.9. The summed E-state index contributed by atoms with van der Waals surface area (Å²) >= 11 is 0. The molecule has 0 atom stereocenters. The zero-order chi connectivity index (χ0) is 18.4. The molecule has 2 aromatic heterocycles. The van der Waals surface area contributed by atoms with E-state index in [1.807, 2.05) is 12.1 Å². The van der Waals surface area contributed by atoms with Crippen molar-refractivity contribution in [2.24, 2.45) is 0 Å². The van der Waals surface area contributed by atoms with Crippen LogP contribution in [0, 0.1) is 0 Å². The molecule has 1 aromatic carbocycles. The van der Waals surface area contributed by atoms with Gasteiger partial charge in [-0.3, -0.25) is 19.5 Å². The topological polar surface area (TPSA) is 76.3 Å². The SMILES string of the molecule is O=C1c2ccccc2C(=O)N1CCc1cc(-c2ccnc(C3CC3)c2)no1. The first-order valence-electron chi connectivity index (χ1n) is 9.08. The van der Waals surface area contributed by atoms with Crippen LogP contribution >= 0.6 is 0 Å². The van der Waals surface area contributed by atoms with Gasteiger partial charge in [0.1, 0.15) is 11.5 Å². The monoisotopic (exact) mass is 359 g/mol. The van der Waals surface area contributed by atoms with E-state index in [0.29, 0.717) is 29.2 Å². The molecule has 3 heterocycles. The van der Waals surface area contributed by atoms with Crippen LogP contribution in [-0.2, 0) is 6.42 Å². The number of imide groups is 1. The number of rotatable bonds is 5. The van der Waals surface area contributed by atoms with E-state index in [1.54, 1.807) is 30.5 Å². The number of benzene rings is 1. The van der Waals surface area contributed by atoms with Crippen LogP contribution < -0.4 is 0 Å². The Morgan fingerprint density at radius 1 is 1.04 bits per heavy atom. The van der Waals surface area contributed by atoms with Crippen molar-refractivity contribution in [1.82, 2.24) is 15.0 Å². The van der Waals surface area contributed by atoms with Crippen LogP contribution in [0.3, 0.4) is 0 Å². The Bertz CT molecular complexity index is 1020. The highest BCUT2D eigenvalue weighted by Crippen LogP contribution is 2.39. The lowest BCUT2D eigenvalue weighted by Crippen LogP contribution is -2.31. The smallest absolute Gasteiger partial charge is 0.261 e. The maximum absolute atomic E-state index is 12.4. The normalized spacial score (nSPS) is 16.1. The van der Waals surface area contributed by atoms with Gasteiger partial charge in [0, 0.05) is 42.4 Å². The van der Waals surface area contributed by atoms with E-state index in [-0.39, 0.29) is 18.4 Å². The molecule has 2 aliphatic rings. The average molecular weight is 359 g/mol. The molecular formula is C21H17N3O3. The second kappa shape index (κ2) is 6.16. The standard InChI is InChI=1S/C21H17N3O3/c25-20-16-3-1-2-4-17(16)21(26)24(20)10-8-15-12-19(23-27-15)14-7-9-22-18(11-14)13-5-6-13/h1-4,7,9,11-13H,5-6,8,10H2. The summed E-state index contributed by atoms with van der Waals surface area (Å²) in [6.45, 7) is 0.269. The molecular weight excluding hydrogens is 342 g/mol. The minimum absolute atomic E-state index is 0.251. The lowest BCUT2D eigenvalue weighted by atomic mass is 10.1. The zero-order valence-corrected chi connectivity index (χ0v) is 14.6. The number of amides is 2. The van der Waals surface area contributed by atoms with Gasteiger partial charge in [0.2, 0.25) is 0 Å². The minimum Gasteiger partial charge on any atom is -0.361 e. The molecule has 1 aliphatic carbocycles. The Morgan fingerprint density at radius 3 is 2.48 bits per heavy atom. The lowest BCUT2D eigenvalue weighted by Gasteiger charge is -2.11. The van der Waals surface area contributed by atoms with E-state index in [9.17, 15) is 9.59 Å². The van der Waals surface area contributed by atoms with Crippen LogP contribution in [0.15, 0.2) is 53.2 Å². The van der Waals surface area contributed by atoms with Crippen LogP contribution in [-0.4, -0.2) is 33.4 Å². The molecule has 1 aliphatic heterocycles. The van der Waals surface area contributed by atoms with E-state index in [0.717, 1.165) is 17.0 Å². The fraction of sp³-hybridized carbons (Fsp3) is 0.238. The fourth-order valence-electron chi connectivity index (χ4n) is 3.44. The molecule has 27 heavy (non-hydrogen) atoms.